The predicted octanol–water partition coefficient (Wildman–Crippen LogP) is 1.10. The smallest absolute Gasteiger partial charge is 0.225 e. The van der Waals surface area contributed by atoms with Crippen LogP contribution in [0.15, 0.2) is 23.5 Å². The van der Waals surface area contributed by atoms with Crippen molar-refractivity contribution in [1.82, 2.24) is 25.5 Å². The number of rotatable bonds is 6. The molecule has 0 aliphatic carbocycles. The lowest BCUT2D eigenvalue weighted by Gasteiger charge is -2.34. The highest BCUT2D eigenvalue weighted by Crippen LogP contribution is 2.10. The molecule has 1 aliphatic rings. The highest BCUT2D eigenvalue weighted by atomic mass is 127. The van der Waals surface area contributed by atoms with Crippen molar-refractivity contribution in [3.63, 3.8) is 0 Å². The number of carbonyl (C=O) groups excluding carboxylic acids is 1. The standard InChI is InChI=1S/C17H29N7O.HI/c1-4-18-16(22-14(2)3)19-9-6-15(25)23-10-12-24(13-11-23)17-20-7-5-8-21-17;/h5,7-8,14H,4,6,9-13H2,1-3H3,(H2,18,19,22);1H. The highest BCUT2D eigenvalue weighted by molar-refractivity contribution is 14.0. The molecule has 0 saturated carbocycles. The maximum Gasteiger partial charge on any atom is 0.225 e. The van der Waals surface area contributed by atoms with Gasteiger partial charge in [0.1, 0.15) is 0 Å². The summed E-state index contributed by atoms with van der Waals surface area (Å²) in [6.45, 7) is 10.4. The molecule has 146 valence electrons. The number of nitrogens with zero attached hydrogens (tertiary/aromatic N) is 5. The van der Waals surface area contributed by atoms with Crippen LogP contribution in [0.1, 0.15) is 27.2 Å². The van der Waals surface area contributed by atoms with E-state index in [9.17, 15) is 4.79 Å². The quantitative estimate of drug-likeness (QED) is 0.364. The van der Waals surface area contributed by atoms with Gasteiger partial charge in [-0.05, 0) is 26.8 Å². The predicted molar refractivity (Wildman–Crippen MR) is 115 cm³/mol. The topological polar surface area (TPSA) is 85.8 Å². The van der Waals surface area contributed by atoms with Gasteiger partial charge in [-0.3, -0.25) is 9.79 Å². The lowest BCUT2D eigenvalue weighted by molar-refractivity contribution is -0.131. The van der Waals surface area contributed by atoms with Crippen LogP contribution < -0.4 is 15.5 Å². The Labute approximate surface area is 172 Å². The Morgan fingerprint density at radius 1 is 1.23 bits per heavy atom. The third-order valence-electron chi connectivity index (χ3n) is 3.83. The second-order valence-corrected chi connectivity index (χ2v) is 6.23. The molecule has 26 heavy (non-hydrogen) atoms. The second-order valence-electron chi connectivity index (χ2n) is 6.23. The highest BCUT2D eigenvalue weighted by Gasteiger charge is 2.21. The molecular weight excluding hydrogens is 445 g/mol. The van der Waals surface area contributed by atoms with Crippen molar-refractivity contribution in [3.8, 4) is 0 Å². The van der Waals surface area contributed by atoms with Gasteiger partial charge in [0.25, 0.3) is 0 Å². The van der Waals surface area contributed by atoms with Crippen molar-refractivity contribution in [2.75, 3.05) is 44.2 Å². The van der Waals surface area contributed by atoms with Crippen molar-refractivity contribution >= 4 is 41.8 Å². The van der Waals surface area contributed by atoms with Gasteiger partial charge in [0.05, 0.1) is 6.54 Å². The molecule has 0 bridgehead atoms. The van der Waals surface area contributed by atoms with Gasteiger partial charge in [0, 0.05) is 57.6 Å². The fourth-order valence-corrected chi connectivity index (χ4v) is 2.63. The maximum atomic E-state index is 12.4. The first-order valence-corrected chi connectivity index (χ1v) is 8.94. The number of hydrogen-bond acceptors (Lipinski definition) is 5. The van der Waals surface area contributed by atoms with Crippen LogP contribution in [0, 0.1) is 0 Å². The van der Waals surface area contributed by atoms with Crippen molar-refractivity contribution in [2.45, 2.75) is 33.2 Å². The van der Waals surface area contributed by atoms with Gasteiger partial charge in [0.15, 0.2) is 5.96 Å². The third kappa shape index (κ3) is 7.30. The fraction of sp³-hybridized carbons (Fsp3) is 0.647. The first-order chi connectivity index (χ1) is 12.1. The Morgan fingerprint density at radius 2 is 1.88 bits per heavy atom. The number of guanidine groups is 1. The molecule has 0 radical (unpaired) electrons. The molecule has 1 saturated heterocycles. The molecule has 0 aromatic carbocycles. The van der Waals surface area contributed by atoms with Crippen LogP contribution in [0.25, 0.3) is 0 Å². The largest absolute Gasteiger partial charge is 0.357 e. The molecule has 8 nitrogen and oxygen atoms in total. The van der Waals surface area contributed by atoms with E-state index in [0.29, 0.717) is 32.1 Å². The summed E-state index contributed by atoms with van der Waals surface area (Å²) in [5.41, 5.74) is 0. The van der Waals surface area contributed by atoms with E-state index in [4.69, 9.17) is 0 Å². The van der Waals surface area contributed by atoms with E-state index in [-0.39, 0.29) is 29.9 Å². The normalized spacial score (nSPS) is 14.8. The summed E-state index contributed by atoms with van der Waals surface area (Å²) in [4.78, 5) is 29.4. The molecule has 2 rings (SSSR count). The van der Waals surface area contributed by atoms with E-state index in [2.05, 4.69) is 44.3 Å². The van der Waals surface area contributed by atoms with E-state index in [1.54, 1.807) is 18.5 Å². The Bertz CT molecular complexity index is 559. The molecule has 0 spiro atoms. The van der Waals surface area contributed by atoms with Gasteiger partial charge < -0.3 is 20.4 Å². The van der Waals surface area contributed by atoms with Crippen LogP contribution >= 0.6 is 24.0 Å². The van der Waals surface area contributed by atoms with Crippen LogP contribution in [0.3, 0.4) is 0 Å². The SMILES string of the molecule is CCNC(=NCCC(=O)N1CCN(c2ncccn2)CC1)NC(C)C.I. The number of carbonyl (C=O) groups is 1. The van der Waals surface area contributed by atoms with Crippen LogP contribution in [-0.2, 0) is 4.79 Å². The molecule has 2 heterocycles. The number of hydrogen-bond donors (Lipinski definition) is 2. The summed E-state index contributed by atoms with van der Waals surface area (Å²) in [5.74, 6) is 1.64. The fourth-order valence-electron chi connectivity index (χ4n) is 2.63. The zero-order chi connectivity index (χ0) is 18.1. The van der Waals surface area contributed by atoms with Crippen molar-refractivity contribution in [1.29, 1.82) is 0 Å². The molecular formula is C17H30IN7O. The maximum absolute atomic E-state index is 12.4. The van der Waals surface area contributed by atoms with Gasteiger partial charge in [-0.1, -0.05) is 0 Å². The van der Waals surface area contributed by atoms with Gasteiger partial charge in [0.2, 0.25) is 11.9 Å². The Balaban J connectivity index is 0.00000338. The van der Waals surface area contributed by atoms with Crippen LogP contribution in [0.5, 0.6) is 0 Å². The molecule has 1 aromatic heterocycles. The average Bonchev–Trinajstić information content (AvgIpc) is 2.62. The van der Waals surface area contributed by atoms with Crippen LogP contribution in [-0.4, -0.2) is 72.0 Å². The third-order valence-corrected chi connectivity index (χ3v) is 3.83. The average molecular weight is 475 g/mol. The number of amides is 1. The number of halogens is 1. The van der Waals surface area contributed by atoms with Crippen molar-refractivity contribution in [3.05, 3.63) is 18.5 Å². The van der Waals surface area contributed by atoms with Gasteiger partial charge in [-0.25, -0.2) is 9.97 Å². The van der Waals surface area contributed by atoms with Crippen LogP contribution in [0.2, 0.25) is 0 Å². The molecule has 9 heteroatoms. The Morgan fingerprint density at radius 3 is 2.46 bits per heavy atom. The van der Waals surface area contributed by atoms with E-state index in [1.807, 2.05) is 11.8 Å². The number of aliphatic imine (C=N–C) groups is 1. The lowest BCUT2D eigenvalue weighted by Crippen LogP contribution is -2.49. The first kappa shape index (κ1) is 22.4. The second kappa shape index (κ2) is 11.9. The van der Waals surface area contributed by atoms with Crippen LogP contribution in [0.4, 0.5) is 5.95 Å². The summed E-state index contributed by atoms with van der Waals surface area (Å²) < 4.78 is 0. The number of nitrogens with one attached hydrogen (secondary N) is 2. The zero-order valence-electron chi connectivity index (χ0n) is 15.8. The van der Waals surface area contributed by atoms with E-state index < -0.39 is 0 Å². The Kier molecular flexibility index (Phi) is 10.2. The summed E-state index contributed by atoms with van der Waals surface area (Å²) in [5, 5.41) is 6.44. The number of aromatic nitrogens is 2. The minimum Gasteiger partial charge on any atom is -0.357 e. The number of anilines is 1. The van der Waals surface area contributed by atoms with E-state index in [1.165, 1.54) is 0 Å². The minimum absolute atomic E-state index is 0. The van der Waals surface area contributed by atoms with Crippen molar-refractivity contribution < 1.29 is 4.79 Å². The molecule has 0 atom stereocenters. The van der Waals surface area contributed by atoms with Gasteiger partial charge in [-0.2, -0.15) is 0 Å². The summed E-state index contributed by atoms with van der Waals surface area (Å²) in [7, 11) is 0. The molecule has 1 aromatic rings. The molecule has 0 unspecified atom stereocenters. The Hall–Kier alpha value is -1.65. The minimum atomic E-state index is 0. The van der Waals surface area contributed by atoms with E-state index >= 15 is 0 Å². The summed E-state index contributed by atoms with van der Waals surface area (Å²) in [6.07, 6.45) is 3.91. The molecule has 1 aliphatic heterocycles. The number of piperazine rings is 1. The summed E-state index contributed by atoms with van der Waals surface area (Å²) >= 11 is 0. The molecule has 2 N–H and O–H groups in total. The molecule has 1 amide bonds. The summed E-state index contributed by atoms with van der Waals surface area (Å²) in [6, 6.07) is 2.11. The molecule has 1 fully saturated rings. The van der Waals surface area contributed by atoms with Gasteiger partial charge in [-0.15, -0.1) is 24.0 Å². The first-order valence-electron chi connectivity index (χ1n) is 8.94. The van der Waals surface area contributed by atoms with E-state index in [0.717, 1.165) is 31.5 Å². The van der Waals surface area contributed by atoms with Gasteiger partial charge >= 0.3 is 0 Å². The van der Waals surface area contributed by atoms with Crippen molar-refractivity contribution in [2.24, 2.45) is 4.99 Å². The lowest BCUT2D eigenvalue weighted by atomic mass is 10.3. The monoisotopic (exact) mass is 475 g/mol. The zero-order valence-corrected chi connectivity index (χ0v) is 18.1.